The van der Waals surface area contributed by atoms with Gasteiger partial charge in [-0.15, -0.1) is 0 Å². The van der Waals surface area contributed by atoms with Crippen molar-refractivity contribution in [3.05, 3.63) is 30.6 Å². The number of anilines is 1. The molecular formula is C14H17N7O. The average molecular weight is 299 g/mol. The molecule has 0 aromatic carbocycles. The number of aromatic nitrogens is 6. The molecule has 0 amide bonds. The number of fused-ring (bicyclic) bond motifs is 1. The van der Waals surface area contributed by atoms with Gasteiger partial charge in [-0.2, -0.15) is 5.10 Å². The van der Waals surface area contributed by atoms with E-state index in [1.807, 2.05) is 19.4 Å². The minimum atomic E-state index is -0.205. The number of aromatic amines is 1. The smallest absolute Gasteiger partial charge is 0.182 e. The Hall–Kier alpha value is -2.48. The molecule has 3 N–H and O–H groups in total. The van der Waals surface area contributed by atoms with E-state index in [1.54, 1.807) is 11.0 Å². The van der Waals surface area contributed by atoms with Gasteiger partial charge in [-0.1, -0.05) is 0 Å². The number of nitrogens with one attached hydrogen (secondary N) is 2. The van der Waals surface area contributed by atoms with E-state index in [1.165, 1.54) is 6.33 Å². The SMILES string of the molecule is Cn1cc(C(Nc2ncnc3nc[nH]c23)C2CC(O)C2)cn1. The first-order valence-electron chi connectivity index (χ1n) is 7.28. The summed E-state index contributed by atoms with van der Waals surface area (Å²) in [4.78, 5) is 15.7. The van der Waals surface area contributed by atoms with Gasteiger partial charge in [0.25, 0.3) is 0 Å². The summed E-state index contributed by atoms with van der Waals surface area (Å²) in [7, 11) is 1.90. The van der Waals surface area contributed by atoms with Crippen LogP contribution in [0.1, 0.15) is 24.4 Å². The number of H-pyrrole nitrogens is 1. The number of aliphatic hydroxyl groups excluding tert-OH is 1. The van der Waals surface area contributed by atoms with Crippen molar-refractivity contribution in [1.29, 1.82) is 0 Å². The zero-order valence-electron chi connectivity index (χ0n) is 12.1. The number of nitrogens with zero attached hydrogens (tertiary/aromatic N) is 5. The van der Waals surface area contributed by atoms with E-state index >= 15 is 0 Å². The van der Waals surface area contributed by atoms with E-state index in [4.69, 9.17) is 0 Å². The molecule has 1 aliphatic carbocycles. The maximum Gasteiger partial charge on any atom is 0.182 e. The minimum Gasteiger partial charge on any atom is -0.393 e. The molecule has 3 heterocycles. The van der Waals surface area contributed by atoms with E-state index < -0.39 is 0 Å². The lowest BCUT2D eigenvalue weighted by molar-refractivity contribution is 0.0339. The third kappa shape index (κ3) is 2.21. The molecule has 8 nitrogen and oxygen atoms in total. The Labute approximate surface area is 126 Å². The highest BCUT2D eigenvalue weighted by molar-refractivity contribution is 5.82. The highest BCUT2D eigenvalue weighted by Crippen LogP contribution is 2.40. The fourth-order valence-corrected chi connectivity index (χ4v) is 3.00. The number of imidazole rings is 1. The molecular weight excluding hydrogens is 282 g/mol. The Bertz CT molecular complexity index is 789. The van der Waals surface area contributed by atoms with Crippen molar-refractivity contribution in [2.75, 3.05) is 5.32 Å². The molecule has 0 saturated heterocycles. The average Bonchev–Trinajstić information content (AvgIpc) is 3.10. The van der Waals surface area contributed by atoms with Crippen LogP contribution in [-0.4, -0.2) is 40.9 Å². The molecule has 0 radical (unpaired) electrons. The first kappa shape index (κ1) is 13.2. The standard InChI is InChI=1S/C14H17N7O/c1-21-5-9(4-19-21)11(8-2-10(22)3-8)20-14-12-13(16-6-15-12)17-7-18-14/h4-8,10-11,22H,2-3H2,1H3,(H2,15,16,17,18,20). The molecule has 0 spiro atoms. The summed E-state index contributed by atoms with van der Waals surface area (Å²) < 4.78 is 1.78. The van der Waals surface area contributed by atoms with Crippen molar-refractivity contribution in [2.24, 2.45) is 13.0 Å². The van der Waals surface area contributed by atoms with Gasteiger partial charge in [0.15, 0.2) is 11.5 Å². The number of rotatable bonds is 4. The Balaban J connectivity index is 1.67. The van der Waals surface area contributed by atoms with Gasteiger partial charge in [0.2, 0.25) is 0 Å². The first-order chi connectivity index (χ1) is 10.7. The summed E-state index contributed by atoms with van der Waals surface area (Å²) in [5, 5.41) is 17.4. The monoisotopic (exact) mass is 299 g/mol. The van der Waals surface area contributed by atoms with Gasteiger partial charge in [-0.05, 0) is 18.8 Å². The third-order valence-electron chi connectivity index (χ3n) is 4.22. The van der Waals surface area contributed by atoms with E-state index in [-0.39, 0.29) is 12.1 Å². The van der Waals surface area contributed by atoms with Crippen LogP contribution in [0.5, 0.6) is 0 Å². The van der Waals surface area contributed by atoms with Crippen molar-refractivity contribution in [2.45, 2.75) is 25.0 Å². The Morgan fingerprint density at radius 2 is 2.23 bits per heavy atom. The minimum absolute atomic E-state index is 0.0542. The summed E-state index contributed by atoms with van der Waals surface area (Å²) in [5.74, 6) is 1.07. The zero-order valence-corrected chi connectivity index (χ0v) is 12.1. The van der Waals surface area contributed by atoms with Crippen molar-refractivity contribution >= 4 is 17.0 Å². The molecule has 114 valence electrons. The van der Waals surface area contributed by atoms with Crippen LogP contribution in [0.15, 0.2) is 25.0 Å². The molecule has 1 atom stereocenters. The second-order valence-electron chi connectivity index (χ2n) is 5.78. The zero-order chi connectivity index (χ0) is 15.1. The number of aryl methyl sites for hydroxylation is 1. The summed E-state index contributed by atoms with van der Waals surface area (Å²) >= 11 is 0. The highest BCUT2D eigenvalue weighted by Gasteiger charge is 2.35. The van der Waals surface area contributed by atoms with Crippen molar-refractivity contribution < 1.29 is 5.11 Å². The molecule has 8 heteroatoms. The topological polar surface area (TPSA) is 105 Å². The molecule has 4 rings (SSSR count). The quantitative estimate of drug-likeness (QED) is 0.664. The maximum absolute atomic E-state index is 9.63. The molecule has 0 bridgehead atoms. The van der Waals surface area contributed by atoms with Gasteiger partial charge in [0, 0.05) is 18.8 Å². The molecule has 1 aliphatic rings. The van der Waals surface area contributed by atoms with E-state index in [2.05, 4.69) is 30.4 Å². The lowest BCUT2D eigenvalue weighted by atomic mass is 9.75. The Kier molecular flexibility index (Phi) is 3.04. The summed E-state index contributed by atoms with van der Waals surface area (Å²) in [6.45, 7) is 0. The lowest BCUT2D eigenvalue weighted by Gasteiger charge is -2.37. The summed E-state index contributed by atoms with van der Waals surface area (Å²) in [6, 6.07) is 0.0542. The lowest BCUT2D eigenvalue weighted by Crippen LogP contribution is -2.36. The molecule has 3 aromatic rings. The van der Waals surface area contributed by atoms with E-state index in [9.17, 15) is 5.11 Å². The molecule has 1 saturated carbocycles. The van der Waals surface area contributed by atoms with Crippen LogP contribution in [-0.2, 0) is 7.05 Å². The summed E-state index contributed by atoms with van der Waals surface area (Å²) in [5.41, 5.74) is 2.51. The fraction of sp³-hybridized carbons (Fsp3) is 0.429. The molecule has 1 unspecified atom stereocenters. The molecule has 1 fully saturated rings. The van der Waals surface area contributed by atoms with Crippen LogP contribution in [0, 0.1) is 5.92 Å². The van der Waals surface area contributed by atoms with Gasteiger partial charge in [-0.3, -0.25) is 4.68 Å². The van der Waals surface area contributed by atoms with Crippen molar-refractivity contribution in [3.8, 4) is 0 Å². The van der Waals surface area contributed by atoms with E-state index in [0.717, 1.165) is 29.7 Å². The Morgan fingerprint density at radius 1 is 1.36 bits per heavy atom. The van der Waals surface area contributed by atoms with Crippen molar-refractivity contribution in [1.82, 2.24) is 29.7 Å². The van der Waals surface area contributed by atoms with Crippen LogP contribution in [0.3, 0.4) is 0 Å². The number of aliphatic hydroxyl groups is 1. The van der Waals surface area contributed by atoms with Gasteiger partial charge in [-0.25, -0.2) is 15.0 Å². The Morgan fingerprint density at radius 3 is 2.95 bits per heavy atom. The van der Waals surface area contributed by atoms with Gasteiger partial charge >= 0.3 is 0 Å². The predicted octanol–water partition coefficient (Wildman–Crippen LogP) is 1.01. The number of hydrogen-bond donors (Lipinski definition) is 3. The second-order valence-corrected chi connectivity index (χ2v) is 5.78. The largest absolute Gasteiger partial charge is 0.393 e. The predicted molar refractivity (Wildman–Crippen MR) is 80.0 cm³/mol. The van der Waals surface area contributed by atoms with E-state index in [0.29, 0.717) is 11.6 Å². The second kappa shape index (κ2) is 5.06. The highest BCUT2D eigenvalue weighted by atomic mass is 16.3. The maximum atomic E-state index is 9.63. The van der Waals surface area contributed by atoms with Crippen LogP contribution in [0.2, 0.25) is 0 Å². The van der Waals surface area contributed by atoms with Gasteiger partial charge in [0.05, 0.1) is 24.7 Å². The van der Waals surface area contributed by atoms with Crippen LogP contribution >= 0.6 is 0 Å². The van der Waals surface area contributed by atoms with Crippen LogP contribution < -0.4 is 5.32 Å². The summed E-state index contributed by atoms with van der Waals surface area (Å²) in [6.07, 6.45) is 8.32. The number of hydrogen-bond acceptors (Lipinski definition) is 6. The molecule has 3 aromatic heterocycles. The van der Waals surface area contributed by atoms with Crippen LogP contribution in [0.25, 0.3) is 11.2 Å². The van der Waals surface area contributed by atoms with Gasteiger partial charge < -0.3 is 15.4 Å². The first-order valence-corrected chi connectivity index (χ1v) is 7.28. The van der Waals surface area contributed by atoms with Crippen molar-refractivity contribution in [3.63, 3.8) is 0 Å². The molecule has 0 aliphatic heterocycles. The van der Waals surface area contributed by atoms with Crippen LogP contribution in [0.4, 0.5) is 5.82 Å². The molecule has 22 heavy (non-hydrogen) atoms. The third-order valence-corrected chi connectivity index (χ3v) is 4.22. The fourth-order valence-electron chi connectivity index (χ4n) is 3.00. The normalized spacial score (nSPS) is 22.5. The van der Waals surface area contributed by atoms with Gasteiger partial charge in [0.1, 0.15) is 11.8 Å².